The molecule has 106 valence electrons. The number of hydrogen-bond acceptors (Lipinski definition) is 3. The Balaban J connectivity index is 2.04. The van der Waals surface area contributed by atoms with Gasteiger partial charge in [0, 0.05) is 12.6 Å². The Labute approximate surface area is 119 Å². The Kier molecular flexibility index (Phi) is 4.56. The van der Waals surface area contributed by atoms with Gasteiger partial charge in [0.15, 0.2) is 0 Å². The molecule has 1 atom stereocenters. The molecule has 4 nitrogen and oxygen atoms in total. The summed E-state index contributed by atoms with van der Waals surface area (Å²) in [5.41, 5.74) is 2.15. The third kappa shape index (κ3) is 3.26. The van der Waals surface area contributed by atoms with Crippen molar-refractivity contribution in [3.63, 3.8) is 0 Å². The SMILES string of the molecule is COC(=O)C1CCCN1C(=O)/C=C/c1ccc(C)cc1. The number of hydrogen-bond donors (Lipinski definition) is 0. The number of amides is 1. The Morgan fingerprint density at radius 1 is 1.30 bits per heavy atom. The van der Waals surface area contributed by atoms with E-state index in [1.807, 2.05) is 31.2 Å². The van der Waals surface area contributed by atoms with E-state index < -0.39 is 6.04 Å². The zero-order chi connectivity index (χ0) is 14.5. The van der Waals surface area contributed by atoms with Gasteiger partial charge in [-0.05, 0) is 31.4 Å². The molecule has 0 aromatic heterocycles. The molecule has 1 heterocycles. The second kappa shape index (κ2) is 6.37. The number of esters is 1. The maximum atomic E-state index is 12.1. The standard InChI is InChI=1S/C16H19NO3/c1-12-5-7-13(8-6-12)9-10-15(18)17-11-3-4-14(17)16(19)20-2/h5-10,14H,3-4,11H2,1-2H3/b10-9+. The maximum absolute atomic E-state index is 12.1. The van der Waals surface area contributed by atoms with Crippen molar-refractivity contribution >= 4 is 18.0 Å². The van der Waals surface area contributed by atoms with Gasteiger partial charge < -0.3 is 9.64 Å². The highest BCUT2D eigenvalue weighted by Crippen LogP contribution is 2.19. The van der Waals surface area contributed by atoms with Gasteiger partial charge >= 0.3 is 5.97 Å². The van der Waals surface area contributed by atoms with Gasteiger partial charge in [-0.3, -0.25) is 4.79 Å². The molecule has 1 aromatic carbocycles. The monoisotopic (exact) mass is 273 g/mol. The van der Waals surface area contributed by atoms with E-state index in [4.69, 9.17) is 4.74 Å². The first-order valence-electron chi connectivity index (χ1n) is 6.75. The number of nitrogens with zero attached hydrogens (tertiary/aromatic N) is 1. The largest absolute Gasteiger partial charge is 0.467 e. The van der Waals surface area contributed by atoms with Gasteiger partial charge in [0.05, 0.1) is 7.11 Å². The molecule has 0 saturated carbocycles. The van der Waals surface area contributed by atoms with Crippen molar-refractivity contribution in [2.75, 3.05) is 13.7 Å². The summed E-state index contributed by atoms with van der Waals surface area (Å²) in [5, 5.41) is 0. The predicted molar refractivity (Wildman–Crippen MR) is 77.0 cm³/mol. The van der Waals surface area contributed by atoms with Crippen LogP contribution in [0.15, 0.2) is 30.3 Å². The average Bonchev–Trinajstić information content (AvgIpc) is 2.95. The third-order valence-electron chi connectivity index (χ3n) is 3.50. The van der Waals surface area contributed by atoms with E-state index in [-0.39, 0.29) is 11.9 Å². The number of carbonyl (C=O) groups excluding carboxylic acids is 2. The lowest BCUT2D eigenvalue weighted by molar-refractivity contribution is -0.149. The summed E-state index contributed by atoms with van der Waals surface area (Å²) in [6.45, 7) is 2.63. The molecule has 0 radical (unpaired) electrons. The zero-order valence-electron chi connectivity index (χ0n) is 11.8. The summed E-state index contributed by atoms with van der Waals surface area (Å²) in [5.74, 6) is -0.474. The van der Waals surface area contributed by atoms with Crippen molar-refractivity contribution in [1.82, 2.24) is 4.90 Å². The average molecular weight is 273 g/mol. The van der Waals surface area contributed by atoms with Gasteiger partial charge in [-0.1, -0.05) is 29.8 Å². The molecule has 1 aromatic rings. The molecule has 0 spiro atoms. The van der Waals surface area contributed by atoms with Gasteiger partial charge in [0.1, 0.15) is 6.04 Å². The quantitative estimate of drug-likeness (QED) is 0.626. The highest BCUT2D eigenvalue weighted by atomic mass is 16.5. The second-order valence-electron chi connectivity index (χ2n) is 4.96. The fourth-order valence-electron chi connectivity index (χ4n) is 2.35. The van der Waals surface area contributed by atoms with Gasteiger partial charge in [0.2, 0.25) is 5.91 Å². The maximum Gasteiger partial charge on any atom is 0.328 e. The summed E-state index contributed by atoms with van der Waals surface area (Å²) >= 11 is 0. The van der Waals surface area contributed by atoms with Crippen LogP contribution in [0, 0.1) is 6.92 Å². The van der Waals surface area contributed by atoms with Crippen molar-refractivity contribution in [2.24, 2.45) is 0 Å². The van der Waals surface area contributed by atoms with E-state index in [2.05, 4.69) is 0 Å². The van der Waals surface area contributed by atoms with Gasteiger partial charge in [-0.15, -0.1) is 0 Å². The fraction of sp³-hybridized carbons (Fsp3) is 0.375. The minimum atomic E-state index is -0.435. The van der Waals surface area contributed by atoms with E-state index in [9.17, 15) is 9.59 Å². The summed E-state index contributed by atoms with van der Waals surface area (Å²) in [6.07, 6.45) is 4.81. The zero-order valence-corrected chi connectivity index (χ0v) is 11.8. The molecular formula is C16H19NO3. The van der Waals surface area contributed by atoms with Crippen molar-refractivity contribution in [2.45, 2.75) is 25.8 Å². The first-order valence-corrected chi connectivity index (χ1v) is 6.75. The van der Waals surface area contributed by atoms with Crippen LogP contribution in [-0.2, 0) is 14.3 Å². The smallest absolute Gasteiger partial charge is 0.328 e. The number of aryl methyl sites for hydroxylation is 1. The first-order chi connectivity index (χ1) is 9.61. The van der Waals surface area contributed by atoms with Gasteiger partial charge in [0.25, 0.3) is 0 Å². The lowest BCUT2D eigenvalue weighted by atomic mass is 10.1. The number of ether oxygens (including phenoxy) is 1. The number of carbonyl (C=O) groups is 2. The van der Waals surface area contributed by atoms with E-state index >= 15 is 0 Å². The minimum Gasteiger partial charge on any atom is -0.467 e. The minimum absolute atomic E-state index is 0.140. The van der Waals surface area contributed by atoms with Gasteiger partial charge in [-0.2, -0.15) is 0 Å². The van der Waals surface area contributed by atoms with E-state index in [1.54, 1.807) is 11.0 Å². The Morgan fingerprint density at radius 3 is 2.65 bits per heavy atom. The molecule has 0 aliphatic carbocycles. The van der Waals surface area contributed by atoms with E-state index in [0.717, 1.165) is 12.0 Å². The number of rotatable bonds is 3. The molecule has 1 saturated heterocycles. The normalized spacial score (nSPS) is 18.5. The summed E-state index contributed by atoms with van der Waals surface area (Å²) in [6, 6.07) is 7.48. The first kappa shape index (κ1) is 14.3. The molecule has 1 fully saturated rings. The summed E-state index contributed by atoms with van der Waals surface area (Å²) < 4.78 is 4.73. The second-order valence-corrected chi connectivity index (χ2v) is 4.96. The van der Waals surface area contributed by atoms with Crippen LogP contribution in [0.1, 0.15) is 24.0 Å². The molecular weight excluding hydrogens is 254 g/mol. The lowest BCUT2D eigenvalue weighted by Gasteiger charge is -2.20. The van der Waals surface area contributed by atoms with Crippen molar-refractivity contribution in [3.8, 4) is 0 Å². The Bertz CT molecular complexity index is 519. The molecule has 0 bridgehead atoms. The molecule has 1 aliphatic heterocycles. The Hall–Kier alpha value is -2.10. The highest BCUT2D eigenvalue weighted by Gasteiger charge is 2.33. The molecule has 4 heteroatoms. The van der Waals surface area contributed by atoms with Crippen LogP contribution in [0.5, 0.6) is 0 Å². The van der Waals surface area contributed by atoms with Crippen LogP contribution in [0.4, 0.5) is 0 Å². The number of likely N-dealkylation sites (tertiary alicyclic amines) is 1. The molecule has 20 heavy (non-hydrogen) atoms. The van der Waals surface area contributed by atoms with E-state index in [0.29, 0.717) is 13.0 Å². The number of benzene rings is 1. The molecule has 0 N–H and O–H groups in total. The summed E-state index contributed by atoms with van der Waals surface area (Å²) in [7, 11) is 1.35. The van der Waals surface area contributed by atoms with E-state index in [1.165, 1.54) is 18.7 Å². The Morgan fingerprint density at radius 2 is 2.00 bits per heavy atom. The van der Waals surface area contributed by atoms with Gasteiger partial charge in [-0.25, -0.2) is 4.79 Å². The molecule has 1 aliphatic rings. The van der Waals surface area contributed by atoms with Crippen molar-refractivity contribution in [3.05, 3.63) is 41.5 Å². The van der Waals surface area contributed by atoms with Crippen molar-refractivity contribution < 1.29 is 14.3 Å². The van der Waals surface area contributed by atoms with Crippen LogP contribution in [0.25, 0.3) is 6.08 Å². The molecule has 1 amide bonds. The van der Waals surface area contributed by atoms with Crippen LogP contribution in [0.3, 0.4) is 0 Å². The van der Waals surface area contributed by atoms with Crippen LogP contribution in [-0.4, -0.2) is 36.5 Å². The molecule has 2 rings (SSSR count). The summed E-state index contributed by atoms with van der Waals surface area (Å²) in [4.78, 5) is 25.3. The fourth-order valence-corrected chi connectivity index (χ4v) is 2.35. The lowest BCUT2D eigenvalue weighted by Crippen LogP contribution is -2.40. The number of methoxy groups -OCH3 is 1. The van der Waals surface area contributed by atoms with Crippen molar-refractivity contribution in [1.29, 1.82) is 0 Å². The third-order valence-corrected chi connectivity index (χ3v) is 3.50. The predicted octanol–water partition coefficient (Wildman–Crippen LogP) is 2.17. The highest BCUT2D eigenvalue weighted by molar-refractivity contribution is 5.95. The topological polar surface area (TPSA) is 46.6 Å². The van der Waals surface area contributed by atoms with Crippen LogP contribution >= 0.6 is 0 Å². The van der Waals surface area contributed by atoms with Crippen LogP contribution < -0.4 is 0 Å². The van der Waals surface area contributed by atoms with Crippen LogP contribution in [0.2, 0.25) is 0 Å². The molecule has 1 unspecified atom stereocenters.